The Morgan fingerprint density at radius 1 is 0.543 bits per heavy atom. The second kappa shape index (κ2) is 15.2. The summed E-state index contributed by atoms with van der Waals surface area (Å²) in [7, 11) is 0. The van der Waals surface area contributed by atoms with Gasteiger partial charge in [-0.2, -0.15) is 0 Å². The van der Waals surface area contributed by atoms with Gasteiger partial charge >= 0.3 is 11.8 Å². The fraction of sp³-hybridized carbons (Fsp3) is 0.263. The lowest BCUT2D eigenvalue weighted by Crippen LogP contribution is -2.71. The summed E-state index contributed by atoms with van der Waals surface area (Å²) >= 11 is 0. The van der Waals surface area contributed by atoms with Crippen molar-refractivity contribution >= 4 is 11.8 Å². The minimum absolute atomic E-state index is 0.0290. The van der Waals surface area contributed by atoms with Gasteiger partial charge < -0.3 is 28.4 Å². The Hall–Kier alpha value is -4.44. The van der Waals surface area contributed by atoms with Gasteiger partial charge in [0.2, 0.25) is 5.78 Å². The molecule has 0 radical (unpaired) electrons. The summed E-state index contributed by atoms with van der Waals surface area (Å²) in [6.07, 6.45) is -1.47. The SMILES string of the molecule is O=C1C=CC(=O)[C@]2(O1)O[C@H](COCc1ccccc1)[C@@H](OCc1ccccc1)[C@H](OCc1ccccc1)[C@H]2OCc1ccccc1. The van der Waals surface area contributed by atoms with E-state index in [0.29, 0.717) is 6.61 Å². The average molecular weight is 621 g/mol. The molecular weight excluding hydrogens is 584 g/mol. The third-order valence-electron chi connectivity index (χ3n) is 7.89. The topological polar surface area (TPSA) is 89.5 Å². The monoisotopic (exact) mass is 620 g/mol. The van der Waals surface area contributed by atoms with E-state index in [1.807, 2.05) is 121 Å². The highest BCUT2D eigenvalue weighted by atomic mass is 16.8. The summed E-state index contributed by atoms with van der Waals surface area (Å²) in [5, 5.41) is 0. The fourth-order valence-electron chi connectivity index (χ4n) is 5.61. The number of esters is 1. The quantitative estimate of drug-likeness (QED) is 0.175. The number of rotatable bonds is 13. The molecule has 0 aliphatic carbocycles. The lowest BCUT2D eigenvalue weighted by molar-refractivity contribution is -0.354. The molecule has 6 rings (SSSR count). The van der Waals surface area contributed by atoms with Crippen molar-refractivity contribution in [3.8, 4) is 0 Å². The molecule has 4 aromatic carbocycles. The van der Waals surface area contributed by atoms with E-state index in [0.717, 1.165) is 28.3 Å². The number of carbonyl (C=O) groups excluding carboxylic acids is 2. The summed E-state index contributed by atoms with van der Waals surface area (Å²) in [6.45, 7) is 0.864. The Morgan fingerprint density at radius 3 is 1.52 bits per heavy atom. The average Bonchev–Trinajstić information content (AvgIpc) is 3.10. The van der Waals surface area contributed by atoms with Gasteiger partial charge in [0.25, 0.3) is 0 Å². The second-order valence-corrected chi connectivity index (χ2v) is 11.2. The highest BCUT2D eigenvalue weighted by Gasteiger charge is 2.63. The van der Waals surface area contributed by atoms with E-state index in [1.54, 1.807) is 0 Å². The largest absolute Gasteiger partial charge is 0.419 e. The molecule has 2 heterocycles. The highest BCUT2D eigenvalue weighted by molar-refractivity contribution is 6.05. The maximum Gasteiger partial charge on any atom is 0.333 e. The van der Waals surface area contributed by atoms with Gasteiger partial charge in [0.15, 0.2) is 6.10 Å². The van der Waals surface area contributed by atoms with Crippen LogP contribution in [0.1, 0.15) is 22.3 Å². The molecule has 0 bridgehead atoms. The number of hydrogen-bond donors (Lipinski definition) is 0. The number of benzene rings is 4. The van der Waals surface area contributed by atoms with Crippen LogP contribution in [-0.4, -0.2) is 48.6 Å². The summed E-state index contributed by atoms with van der Waals surface area (Å²) in [5.41, 5.74) is 3.69. The third-order valence-corrected chi connectivity index (χ3v) is 7.89. The van der Waals surface area contributed by atoms with Gasteiger partial charge in [-0.3, -0.25) is 4.79 Å². The number of ketones is 1. The van der Waals surface area contributed by atoms with Gasteiger partial charge in [-0.05, 0) is 28.3 Å². The van der Waals surface area contributed by atoms with Crippen LogP contribution < -0.4 is 0 Å². The first-order valence-electron chi connectivity index (χ1n) is 15.3. The van der Waals surface area contributed by atoms with Gasteiger partial charge in [-0.15, -0.1) is 0 Å². The van der Waals surface area contributed by atoms with Crippen molar-refractivity contribution in [1.82, 2.24) is 0 Å². The first-order chi connectivity index (χ1) is 22.6. The Labute approximate surface area is 268 Å². The van der Waals surface area contributed by atoms with E-state index in [1.165, 1.54) is 6.08 Å². The molecule has 4 aromatic rings. The van der Waals surface area contributed by atoms with Crippen molar-refractivity contribution in [3.05, 3.63) is 156 Å². The molecule has 46 heavy (non-hydrogen) atoms. The van der Waals surface area contributed by atoms with Crippen molar-refractivity contribution in [1.29, 1.82) is 0 Å². The molecule has 0 amide bonds. The first kappa shape index (κ1) is 31.5. The standard InChI is InChI=1S/C38H36O8/c39-33-21-22-34(40)46-38(33)37(44-26-31-19-11-4-12-20-31)36(43-25-30-17-9-3-10-18-30)35(42-24-29-15-7-2-8-16-29)32(45-38)27-41-23-28-13-5-1-6-14-28/h1-22,32,35-37H,23-27H2/t32-,35-,36+,37-,38-/m1/s1. The van der Waals surface area contributed by atoms with Crippen LogP contribution in [-0.2, 0) is 64.4 Å². The van der Waals surface area contributed by atoms with Crippen molar-refractivity contribution in [3.63, 3.8) is 0 Å². The minimum atomic E-state index is -2.12. The van der Waals surface area contributed by atoms with E-state index in [4.69, 9.17) is 28.4 Å². The van der Waals surface area contributed by atoms with E-state index >= 15 is 0 Å². The Balaban J connectivity index is 1.36. The van der Waals surface area contributed by atoms with Gasteiger partial charge in [0.05, 0.1) is 33.0 Å². The van der Waals surface area contributed by atoms with Crippen LogP contribution in [0.3, 0.4) is 0 Å². The zero-order valence-electron chi connectivity index (χ0n) is 25.3. The Morgan fingerprint density at radius 2 is 1.00 bits per heavy atom. The number of carbonyl (C=O) groups is 2. The molecule has 0 aromatic heterocycles. The normalized spacial score (nSPS) is 24.2. The van der Waals surface area contributed by atoms with Crippen LogP contribution in [0.15, 0.2) is 133 Å². The maximum atomic E-state index is 13.8. The molecule has 2 aliphatic rings. The molecule has 5 atom stereocenters. The third kappa shape index (κ3) is 7.67. The van der Waals surface area contributed by atoms with Gasteiger partial charge in [-0.25, -0.2) is 4.79 Å². The molecular formula is C38H36O8. The molecule has 1 fully saturated rings. The molecule has 1 saturated heterocycles. The maximum absolute atomic E-state index is 13.8. The van der Waals surface area contributed by atoms with Gasteiger partial charge in [0, 0.05) is 6.08 Å². The first-order valence-corrected chi connectivity index (χ1v) is 15.3. The molecule has 236 valence electrons. The predicted octanol–water partition coefficient (Wildman–Crippen LogP) is 5.74. The Kier molecular flexibility index (Phi) is 10.4. The van der Waals surface area contributed by atoms with Crippen LogP contribution in [0.5, 0.6) is 0 Å². The van der Waals surface area contributed by atoms with E-state index < -0.39 is 42.0 Å². The second-order valence-electron chi connectivity index (χ2n) is 11.2. The summed E-state index contributed by atoms with van der Waals surface area (Å²) in [5.74, 6) is -3.40. The van der Waals surface area contributed by atoms with E-state index in [-0.39, 0.29) is 26.4 Å². The molecule has 0 unspecified atom stereocenters. The zero-order chi connectivity index (χ0) is 31.6. The van der Waals surface area contributed by atoms with Crippen molar-refractivity contribution < 1.29 is 38.0 Å². The van der Waals surface area contributed by atoms with E-state index in [2.05, 4.69) is 0 Å². The number of ether oxygens (including phenoxy) is 6. The van der Waals surface area contributed by atoms with Crippen molar-refractivity contribution in [2.24, 2.45) is 0 Å². The molecule has 0 saturated carbocycles. The Bertz CT molecular complexity index is 1580. The molecule has 2 aliphatic heterocycles. The minimum Gasteiger partial charge on any atom is -0.419 e. The van der Waals surface area contributed by atoms with Crippen molar-refractivity contribution in [2.45, 2.75) is 56.6 Å². The summed E-state index contributed by atoms with van der Waals surface area (Å²) in [6, 6.07) is 38.7. The predicted molar refractivity (Wildman–Crippen MR) is 169 cm³/mol. The van der Waals surface area contributed by atoms with Gasteiger partial charge in [-0.1, -0.05) is 121 Å². The lowest BCUT2D eigenvalue weighted by atomic mass is 9.88. The smallest absolute Gasteiger partial charge is 0.333 e. The molecule has 1 spiro atoms. The van der Waals surface area contributed by atoms with Gasteiger partial charge in [0.1, 0.15) is 18.3 Å². The summed E-state index contributed by atoms with van der Waals surface area (Å²) in [4.78, 5) is 26.6. The fourth-order valence-corrected chi connectivity index (χ4v) is 5.61. The van der Waals surface area contributed by atoms with Crippen LogP contribution in [0.25, 0.3) is 0 Å². The van der Waals surface area contributed by atoms with Crippen LogP contribution in [0, 0.1) is 0 Å². The molecule has 0 N–H and O–H groups in total. The van der Waals surface area contributed by atoms with Crippen LogP contribution in [0.4, 0.5) is 0 Å². The zero-order valence-corrected chi connectivity index (χ0v) is 25.3. The molecule has 8 heteroatoms. The number of hydrogen-bond acceptors (Lipinski definition) is 8. The lowest BCUT2D eigenvalue weighted by Gasteiger charge is -2.51. The van der Waals surface area contributed by atoms with Crippen molar-refractivity contribution in [2.75, 3.05) is 6.61 Å². The van der Waals surface area contributed by atoms with Crippen LogP contribution in [0.2, 0.25) is 0 Å². The molecule has 8 nitrogen and oxygen atoms in total. The highest BCUT2D eigenvalue weighted by Crippen LogP contribution is 2.40. The van der Waals surface area contributed by atoms with Crippen LogP contribution >= 0.6 is 0 Å². The summed E-state index contributed by atoms with van der Waals surface area (Å²) < 4.78 is 38.2. The van der Waals surface area contributed by atoms with E-state index in [9.17, 15) is 9.59 Å².